The molecule has 4 rings (SSSR count). The molecule has 2 heterocycles. The van der Waals surface area contributed by atoms with Gasteiger partial charge in [0, 0.05) is 35.9 Å². The average Bonchev–Trinajstić information content (AvgIpc) is 2.63. The number of aromatic nitrogens is 1. The number of pyridine rings is 1. The number of anilines is 1. The zero-order chi connectivity index (χ0) is 17.6. The first kappa shape index (κ1) is 15.9. The summed E-state index contributed by atoms with van der Waals surface area (Å²) in [5.41, 5.74) is 2.69. The third-order valence-corrected chi connectivity index (χ3v) is 4.97. The quantitative estimate of drug-likeness (QED) is 0.668. The molecule has 0 spiro atoms. The first-order valence-corrected chi connectivity index (χ1v) is 8.63. The van der Waals surface area contributed by atoms with Crippen LogP contribution in [0.4, 0.5) is 5.69 Å². The highest BCUT2D eigenvalue weighted by molar-refractivity contribution is 6.31. The van der Waals surface area contributed by atoms with E-state index < -0.39 is 0 Å². The van der Waals surface area contributed by atoms with E-state index in [0.29, 0.717) is 17.0 Å². The first-order chi connectivity index (χ1) is 12.1. The number of benzene rings is 2. The molecule has 3 aromatic rings. The summed E-state index contributed by atoms with van der Waals surface area (Å²) in [7, 11) is 1.83. The van der Waals surface area contributed by atoms with E-state index in [0.717, 1.165) is 29.6 Å². The molecule has 25 heavy (non-hydrogen) atoms. The maximum atomic E-state index is 13.1. The van der Waals surface area contributed by atoms with Gasteiger partial charge in [-0.2, -0.15) is 0 Å². The first-order valence-electron chi connectivity index (χ1n) is 8.25. The van der Waals surface area contributed by atoms with Crippen molar-refractivity contribution in [2.45, 2.75) is 12.8 Å². The minimum Gasteiger partial charge on any atom is -0.350 e. The molecule has 0 bridgehead atoms. The molecule has 0 fully saturated rings. The lowest BCUT2D eigenvalue weighted by atomic mass is 10.0. The summed E-state index contributed by atoms with van der Waals surface area (Å²) in [6.07, 6.45) is 3.46. The molecule has 0 atom stereocenters. The van der Waals surface area contributed by atoms with Crippen LogP contribution >= 0.6 is 11.6 Å². The monoisotopic (exact) mass is 352 g/mol. The molecule has 1 aromatic heterocycles. The fourth-order valence-electron chi connectivity index (χ4n) is 3.51. The number of carbonyl (C=O) groups excluding carboxylic acids is 1. The Morgan fingerprint density at radius 2 is 1.96 bits per heavy atom. The van der Waals surface area contributed by atoms with Crippen molar-refractivity contribution >= 4 is 34.1 Å². The maximum absolute atomic E-state index is 13.1. The van der Waals surface area contributed by atoms with Gasteiger partial charge in [-0.25, -0.2) is 0 Å². The van der Waals surface area contributed by atoms with E-state index in [9.17, 15) is 9.59 Å². The van der Waals surface area contributed by atoms with Gasteiger partial charge in [-0.05, 0) is 42.7 Å². The van der Waals surface area contributed by atoms with Crippen molar-refractivity contribution < 1.29 is 4.79 Å². The van der Waals surface area contributed by atoms with E-state index in [1.165, 1.54) is 0 Å². The minimum absolute atomic E-state index is 0.175. The van der Waals surface area contributed by atoms with Crippen molar-refractivity contribution in [3.05, 3.63) is 75.0 Å². The Kier molecular flexibility index (Phi) is 3.85. The van der Waals surface area contributed by atoms with Crippen LogP contribution in [0, 0.1) is 0 Å². The summed E-state index contributed by atoms with van der Waals surface area (Å²) in [5, 5.41) is 0.948. The maximum Gasteiger partial charge on any atom is 0.263 e. The number of nitrogens with zero attached hydrogens (tertiary/aromatic N) is 2. The Labute approximate surface area is 150 Å². The summed E-state index contributed by atoms with van der Waals surface area (Å²) in [4.78, 5) is 27.8. The zero-order valence-electron chi connectivity index (χ0n) is 13.8. The van der Waals surface area contributed by atoms with Crippen molar-refractivity contribution in [2.24, 2.45) is 7.05 Å². The van der Waals surface area contributed by atoms with E-state index >= 15 is 0 Å². The Balaban J connectivity index is 1.87. The highest BCUT2D eigenvalue weighted by Gasteiger charge is 2.26. The molecule has 0 saturated heterocycles. The molecule has 0 aliphatic carbocycles. The van der Waals surface area contributed by atoms with Crippen molar-refractivity contribution in [2.75, 3.05) is 11.4 Å². The smallest absolute Gasteiger partial charge is 0.263 e. The number of fused-ring (bicyclic) bond motifs is 2. The molecular formula is C20H17ClN2O2. The Hall–Kier alpha value is -2.59. The zero-order valence-corrected chi connectivity index (χ0v) is 14.6. The predicted octanol–water partition coefficient (Wildman–Crippen LogP) is 3.78. The van der Waals surface area contributed by atoms with Crippen LogP contribution in [0.3, 0.4) is 0 Å². The van der Waals surface area contributed by atoms with Gasteiger partial charge in [0.1, 0.15) is 5.56 Å². The van der Waals surface area contributed by atoms with Gasteiger partial charge in [-0.15, -0.1) is 0 Å². The normalized spacial score (nSPS) is 13.8. The molecule has 2 aromatic carbocycles. The number of carbonyl (C=O) groups is 1. The Bertz CT molecular complexity index is 1060. The summed E-state index contributed by atoms with van der Waals surface area (Å²) >= 11 is 6.05. The molecule has 0 radical (unpaired) electrons. The Morgan fingerprint density at radius 3 is 2.80 bits per heavy atom. The lowest BCUT2D eigenvalue weighted by Crippen LogP contribution is -2.38. The third-order valence-electron chi connectivity index (χ3n) is 4.74. The van der Waals surface area contributed by atoms with Gasteiger partial charge in [0.05, 0.1) is 5.52 Å². The van der Waals surface area contributed by atoms with Crippen molar-refractivity contribution in [1.82, 2.24) is 4.57 Å². The molecule has 0 unspecified atom stereocenters. The van der Waals surface area contributed by atoms with Gasteiger partial charge >= 0.3 is 0 Å². The van der Waals surface area contributed by atoms with Crippen LogP contribution in [0.25, 0.3) is 10.9 Å². The van der Waals surface area contributed by atoms with E-state index in [-0.39, 0.29) is 16.9 Å². The van der Waals surface area contributed by atoms with Crippen molar-refractivity contribution in [1.29, 1.82) is 0 Å². The van der Waals surface area contributed by atoms with E-state index in [1.807, 2.05) is 31.3 Å². The molecule has 5 heteroatoms. The standard InChI is InChI=1S/C20H17ClN2O2/c1-22-12-16(19(24)15-11-14(21)8-9-18(15)22)20(25)23-10-4-6-13-5-2-3-7-17(13)23/h2-3,5,7-9,11-12H,4,6,10H2,1H3. The largest absolute Gasteiger partial charge is 0.350 e. The SMILES string of the molecule is Cn1cc(C(=O)N2CCCc3ccccc32)c(=O)c2cc(Cl)ccc21. The van der Waals surface area contributed by atoms with Gasteiger partial charge in [-0.3, -0.25) is 9.59 Å². The number of rotatable bonds is 1. The lowest BCUT2D eigenvalue weighted by Gasteiger charge is -2.29. The number of amides is 1. The summed E-state index contributed by atoms with van der Waals surface area (Å²) < 4.78 is 1.80. The number of halogens is 1. The lowest BCUT2D eigenvalue weighted by molar-refractivity contribution is 0.0983. The second kappa shape index (κ2) is 6.05. The van der Waals surface area contributed by atoms with Crippen LogP contribution in [0.1, 0.15) is 22.3 Å². The number of aryl methyl sites for hydroxylation is 2. The molecule has 0 saturated carbocycles. The van der Waals surface area contributed by atoms with Crippen LogP contribution in [-0.4, -0.2) is 17.0 Å². The second-order valence-corrected chi connectivity index (χ2v) is 6.77. The van der Waals surface area contributed by atoms with E-state index in [1.54, 1.807) is 33.9 Å². The molecule has 4 nitrogen and oxygen atoms in total. The van der Waals surface area contributed by atoms with Gasteiger partial charge in [0.15, 0.2) is 0 Å². The van der Waals surface area contributed by atoms with Crippen LogP contribution in [0.15, 0.2) is 53.5 Å². The fraction of sp³-hybridized carbons (Fsp3) is 0.200. The topological polar surface area (TPSA) is 42.3 Å². The van der Waals surface area contributed by atoms with E-state index in [4.69, 9.17) is 11.6 Å². The highest BCUT2D eigenvalue weighted by atomic mass is 35.5. The number of para-hydroxylation sites is 1. The van der Waals surface area contributed by atoms with Crippen molar-refractivity contribution in [3.63, 3.8) is 0 Å². The minimum atomic E-state index is -0.274. The summed E-state index contributed by atoms with van der Waals surface area (Å²) in [6, 6.07) is 13.0. The molecule has 1 aliphatic heterocycles. The van der Waals surface area contributed by atoms with Crippen molar-refractivity contribution in [3.8, 4) is 0 Å². The fourth-order valence-corrected chi connectivity index (χ4v) is 3.68. The van der Waals surface area contributed by atoms with Gasteiger partial charge in [0.2, 0.25) is 5.43 Å². The molecule has 1 amide bonds. The van der Waals surface area contributed by atoms with Gasteiger partial charge in [0.25, 0.3) is 5.91 Å². The third kappa shape index (κ3) is 2.63. The molecular weight excluding hydrogens is 336 g/mol. The predicted molar refractivity (Wildman–Crippen MR) is 101 cm³/mol. The van der Waals surface area contributed by atoms with Crippen LogP contribution in [0.2, 0.25) is 5.02 Å². The van der Waals surface area contributed by atoms with Crippen LogP contribution < -0.4 is 10.3 Å². The van der Waals surface area contributed by atoms with Gasteiger partial charge in [-0.1, -0.05) is 29.8 Å². The average molecular weight is 353 g/mol. The Morgan fingerprint density at radius 1 is 1.16 bits per heavy atom. The summed E-state index contributed by atoms with van der Waals surface area (Å²) in [5.74, 6) is -0.255. The molecule has 126 valence electrons. The van der Waals surface area contributed by atoms with Gasteiger partial charge < -0.3 is 9.47 Å². The molecule has 0 N–H and O–H groups in total. The second-order valence-electron chi connectivity index (χ2n) is 6.33. The van der Waals surface area contributed by atoms with E-state index in [2.05, 4.69) is 0 Å². The van der Waals surface area contributed by atoms with Crippen LogP contribution in [-0.2, 0) is 13.5 Å². The van der Waals surface area contributed by atoms with Crippen LogP contribution in [0.5, 0.6) is 0 Å². The number of hydrogen-bond acceptors (Lipinski definition) is 2. The number of hydrogen-bond donors (Lipinski definition) is 0. The summed E-state index contributed by atoms with van der Waals surface area (Å²) in [6.45, 7) is 0.618. The molecule has 1 aliphatic rings. The highest BCUT2D eigenvalue weighted by Crippen LogP contribution is 2.28.